The second-order valence-corrected chi connectivity index (χ2v) is 5.32. The highest BCUT2D eigenvalue weighted by atomic mass is 16.6. The Bertz CT molecular complexity index is 757. The maximum absolute atomic E-state index is 12.5. The smallest absolute Gasteiger partial charge is 0.347 e. The predicted octanol–water partition coefficient (Wildman–Crippen LogP) is 3.21. The molecule has 0 aliphatic carbocycles. The average molecular weight is 342 g/mol. The molecule has 0 heterocycles. The molecule has 2 aromatic rings. The van der Waals surface area contributed by atoms with Crippen molar-refractivity contribution in [2.45, 2.75) is 6.92 Å². The lowest BCUT2D eigenvalue weighted by atomic mass is 10.2. The first-order chi connectivity index (χ1) is 12.0. The van der Waals surface area contributed by atoms with E-state index in [2.05, 4.69) is 5.10 Å². The van der Waals surface area contributed by atoms with Gasteiger partial charge in [-0.25, -0.2) is 4.79 Å². The molecule has 2 aromatic carbocycles. The lowest BCUT2D eigenvalue weighted by Gasteiger charge is -2.12. The maximum atomic E-state index is 12.5. The first-order valence-electron chi connectivity index (χ1n) is 7.88. The van der Waals surface area contributed by atoms with Crippen LogP contribution in [0, 0.1) is 0 Å². The van der Waals surface area contributed by atoms with Crippen LogP contribution in [-0.2, 0) is 0 Å². The van der Waals surface area contributed by atoms with Crippen molar-refractivity contribution in [3.8, 4) is 17.2 Å². The molecule has 0 bridgehead atoms. The van der Waals surface area contributed by atoms with Crippen LogP contribution >= 0.6 is 0 Å². The van der Waals surface area contributed by atoms with Gasteiger partial charge >= 0.3 is 5.97 Å². The van der Waals surface area contributed by atoms with Gasteiger partial charge in [-0.2, -0.15) is 5.10 Å². The van der Waals surface area contributed by atoms with Crippen LogP contribution in [-0.4, -0.2) is 45.0 Å². The minimum absolute atomic E-state index is 0.347. The monoisotopic (exact) mass is 342 g/mol. The Morgan fingerprint density at radius 1 is 1.12 bits per heavy atom. The summed E-state index contributed by atoms with van der Waals surface area (Å²) in [5, 5.41) is 5.88. The van der Waals surface area contributed by atoms with Crippen LogP contribution < -0.4 is 14.2 Å². The topological polar surface area (TPSA) is 60.4 Å². The van der Waals surface area contributed by atoms with E-state index < -0.39 is 5.97 Å². The van der Waals surface area contributed by atoms with Crippen molar-refractivity contribution in [2.75, 3.05) is 27.8 Å². The Balaban J connectivity index is 2.27. The first-order valence-corrected chi connectivity index (χ1v) is 7.88. The maximum Gasteiger partial charge on any atom is 0.347 e. The van der Waals surface area contributed by atoms with Crippen LogP contribution in [0.2, 0.25) is 0 Å². The summed E-state index contributed by atoms with van der Waals surface area (Å²) in [6.07, 6.45) is 1.70. The summed E-state index contributed by atoms with van der Waals surface area (Å²) in [5.41, 5.74) is 1.19. The number of methoxy groups -OCH3 is 1. The van der Waals surface area contributed by atoms with Gasteiger partial charge in [-0.15, -0.1) is 0 Å². The Kier molecular flexibility index (Phi) is 6.39. The molecule has 6 heteroatoms. The van der Waals surface area contributed by atoms with Crippen LogP contribution in [0.1, 0.15) is 22.8 Å². The van der Waals surface area contributed by atoms with Crippen molar-refractivity contribution in [3.63, 3.8) is 0 Å². The molecule has 0 aromatic heterocycles. The molecule has 0 spiro atoms. The first kappa shape index (κ1) is 18.3. The highest BCUT2D eigenvalue weighted by Gasteiger charge is 2.16. The number of esters is 1. The van der Waals surface area contributed by atoms with Crippen LogP contribution in [0.5, 0.6) is 17.2 Å². The van der Waals surface area contributed by atoms with E-state index >= 15 is 0 Å². The van der Waals surface area contributed by atoms with Gasteiger partial charge in [0.05, 0.1) is 19.9 Å². The van der Waals surface area contributed by atoms with Gasteiger partial charge in [-0.1, -0.05) is 12.1 Å². The zero-order valence-corrected chi connectivity index (χ0v) is 14.9. The molecule has 0 aliphatic heterocycles. The van der Waals surface area contributed by atoms with E-state index in [9.17, 15) is 4.79 Å². The standard InChI is InChI=1S/C19H22N2O4/c1-5-24-18-12-14(13-20-21(2)3)10-11-17(18)25-19(22)15-8-6-7-9-16(15)23-4/h6-13H,5H2,1-4H3/b20-13+. The van der Waals surface area contributed by atoms with Crippen LogP contribution in [0.25, 0.3) is 0 Å². The van der Waals surface area contributed by atoms with Crippen molar-refractivity contribution < 1.29 is 19.0 Å². The fourth-order valence-electron chi connectivity index (χ4n) is 2.11. The summed E-state index contributed by atoms with van der Waals surface area (Å²) in [6, 6.07) is 12.2. The minimum Gasteiger partial charge on any atom is -0.496 e. The highest BCUT2D eigenvalue weighted by Crippen LogP contribution is 2.30. The quantitative estimate of drug-likeness (QED) is 0.335. The average Bonchev–Trinajstić information content (AvgIpc) is 2.61. The van der Waals surface area contributed by atoms with E-state index in [1.165, 1.54) is 7.11 Å². The molecular weight excluding hydrogens is 320 g/mol. The zero-order valence-electron chi connectivity index (χ0n) is 14.9. The number of rotatable bonds is 7. The lowest BCUT2D eigenvalue weighted by Crippen LogP contribution is -2.11. The number of para-hydroxylation sites is 1. The van der Waals surface area contributed by atoms with Crippen molar-refractivity contribution >= 4 is 12.2 Å². The second kappa shape index (κ2) is 8.73. The third-order valence-corrected chi connectivity index (χ3v) is 3.23. The Morgan fingerprint density at radius 2 is 1.88 bits per heavy atom. The van der Waals surface area contributed by atoms with Gasteiger partial charge in [0, 0.05) is 14.1 Å². The summed E-state index contributed by atoms with van der Waals surface area (Å²) in [6.45, 7) is 2.32. The molecule has 0 fully saturated rings. The summed E-state index contributed by atoms with van der Waals surface area (Å²) in [4.78, 5) is 12.5. The van der Waals surface area contributed by atoms with Gasteiger partial charge in [0.1, 0.15) is 11.3 Å². The van der Waals surface area contributed by atoms with Gasteiger partial charge in [-0.05, 0) is 42.8 Å². The predicted molar refractivity (Wildman–Crippen MR) is 96.8 cm³/mol. The zero-order chi connectivity index (χ0) is 18.2. The number of hydrazone groups is 1. The molecule has 0 atom stereocenters. The molecule has 0 saturated carbocycles. The summed E-state index contributed by atoms with van der Waals surface area (Å²) < 4.78 is 16.3. The van der Waals surface area contributed by atoms with Gasteiger partial charge in [-0.3, -0.25) is 0 Å². The fraction of sp³-hybridized carbons (Fsp3) is 0.263. The SMILES string of the molecule is CCOc1cc(/C=N/N(C)C)ccc1OC(=O)c1ccccc1OC. The molecule has 0 unspecified atom stereocenters. The third kappa shape index (κ3) is 4.97. The largest absolute Gasteiger partial charge is 0.496 e. The second-order valence-electron chi connectivity index (χ2n) is 5.32. The molecular formula is C19H22N2O4. The molecule has 0 saturated heterocycles. The summed E-state index contributed by atoms with van der Waals surface area (Å²) in [7, 11) is 5.18. The van der Waals surface area contributed by atoms with Gasteiger partial charge in [0.15, 0.2) is 11.5 Å². The number of carbonyl (C=O) groups excluding carboxylic acids is 1. The lowest BCUT2D eigenvalue weighted by molar-refractivity contribution is 0.0725. The molecule has 0 N–H and O–H groups in total. The van der Waals surface area contributed by atoms with E-state index in [-0.39, 0.29) is 0 Å². The molecule has 0 amide bonds. The Labute approximate surface area is 147 Å². The fourth-order valence-corrected chi connectivity index (χ4v) is 2.11. The Morgan fingerprint density at radius 3 is 2.56 bits per heavy atom. The number of ether oxygens (including phenoxy) is 3. The van der Waals surface area contributed by atoms with Gasteiger partial charge < -0.3 is 19.2 Å². The normalized spacial score (nSPS) is 10.6. The number of nitrogens with zero attached hydrogens (tertiary/aromatic N) is 2. The van der Waals surface area contributed by atoms with Crippen molar-refractivity contribution in [1.82, 2.24) is 5.01 Å². The van der Waals surface area contributed by atoms with E-state index in [0.717, 1.165) is 5.56 Å². The Hall–Kier alpha value is -3.02. The highest BCUT2D eigenvalue weighted by molar-refractivity contribution is 5.94. The molecule has 6 nitrogen and oxygen atoms in total. The number of benzene rings is 2. The van der Waals surface area contributed by atoms with E-state index in [1.54, 1.807) is 53.7 Å². The molecule has 132 valence electrons. The van der Waals surface area contributed by atoms with Gasteiger partial charge in [0.25, 0.3) is 0 Å². The third-order valence-electron chi connectivity index (χ3n) is 3.23. The number of hydrogen-bond donors (Lipinski definition) is 0. The molecule has 25 heavy (non-hydrogen) atoms. The molecule has 0 aliphatic rings. The van der Waals surface area contributed by atoms with Crippen LogP contribution in [0.3, 0.4) is 0 Å². The minimum atomic E-state index is -0.506. The van der Waals surface area contributed by atoms with Gasteiger partial charge in [0.2, 0.25) is 0 Å². The van der Waals surface area contributed by atoms with Crippen LogP contribution in [0.4, 0.5) is 0 Å². The molecule has 0 radical (unpaired) electrons. The van der Waals surface area contributed by atoms with Crippen molar-refractivity contribution in [1.29, 1.82) is 0 Å². The molecule has 2 rings (SSSR count). The van der Waals surface area contributed by atoms with E-state index in [0.29, 0.717) is 29.4 Å². The number of carbonyl (C=O) groups is 1. The van der Waals surface area contributed by atoms with E-state index in [4.69, 9.17) is 14.2 Å². The van der Waals surface area contributed by atoms with E-state index in [1.807, 2.05) is 21.0 Å². The summed E-state index contributed by atoms with van der Waals surface area (Å²) >= 11 is 0. The van der Waals surface area contributed by atoms with Crippen molar-refractivity contribution in [3.05, 3.63) is 53.6 Å². The van der Waals surface area contributed by atoms with Crippen LogP contribution in [0.15, 0.2) is 47.6 Å². The summed E-state index contributed by atoms with van der Waals surface area (Å²) in [5.74, 6) is 0.779. The number of hydrogen-bond acceptors (Lipinski definition) is 6. The van der Waals surface area contributed by atoms with Crippen molar-refractivity contribution in [2.24, 2.45) is 5.10 Å².